The van der Waals surface area contributed by atoms with Crippen molar-refractivity contribution in [3.05, 3.63) is 35.4 Å². The Hall–Kier alpha value is -0.440. The highest BCUT2D eigenvalue weighted by Crippen LogP contribution is 2.15. The van der Waals surface area contributed by atoms with Gasteiger partial charge in [0.05, 0.1) is 0 Å². The highest BCUT2D eigenvalue weighted by atomic mass is 79.9. The van der Waals surface area contributed by atoms with Crippen molar-refractivity contribution in [3.8, 4) is 0 Å². The van der Waals surface area contributed by atoms with Gasteiger partial charge in [-0.05, 0) is 30.4 Å². The molecule has 0 saturated heterocycles. The summed E-state index contributed by atoms with van der Waals surface area (Å²) in [5.41, 5.74) is 0.596. The van der Waals surface area contributed by atoms with Crippen LogP contribution in [0.1, 0.15) is 18.9 Å². The van der Waals surface area contributed by atoms with Crippen LogP contribution in [0.2, 0.25) is 0 Å². The molecule has 0 spiro atoms. The van der Waals surface area contributed by atoms with E-state index in [9.17, 15) is 8.78 Å². The molecule has 0 N–H and O–H groups in total. The molecule has 14 heavy (non-hydrogen) atoms. The fraction of sp³-hybridized carbons (Fsp3) is 0.455. The summed E-state index contributed by atoms with van der Waals surface area (Å²) in [5, 5.41) is 0.913. The smallest absolute Gasteiger partial charge is 0.129 e. The predicted octanol–water partition coefficient (Wildman–Crippen LogP) is 3.93. The molecule has 1 aromatic carbocycles. The molecule has 0 aromatic heterocycles. The normalized spacial score (nSPS) is 12.9. The first-order chi connectivity index (χ1) is 6.63. The van der Waals surface area contributed by atoms with Crippen molar-refractivity contribution < 1.29 is 8.78 Å². The standard InChI is InChI=1S/C11H13BrF2/c1-8(7-12)2-3-9-4-5-10(13)6-11(9)14/h4-6,8H,2-3,7H2,1H3. The fourth-order valence-electron chi connectivity index (χ4n) is 1.20. The predicted molar refractivity (Wildman–Crippen MR) is 57.6 cm³/mol. The molecular formula is C11H13BrF2. The van der Waals surface area contributed by atoms with Gasteiger partial charge < -0.3 is 0 Å². The lowest BCUT2D eigenvalue weighted by Crippen LogP contribution is -2.00. The summed E-state index contributed by atoms with van der Waals surface area (Å²) >= 11 is 3.36. The molecule has 78 valence electrons. The van der Waals surface area contributed by atoms with Gasteiger partial charge in [0.15, 0.2) is 0 Å². The molecule has 3 heteroatoms. The zero-order chi connectivity index (χ0) is 10.6. The third-order valence-corrected chi connectivity index (χ3v) is 3.29. The lowest BCUT2D eigenvalue weighted by atomic mass is 10.0. The van der Waals surface area contributed by atoms with Crippen molar-refractivity contribution in [1.29, 1.82) is 0 Å². The Bertz CT molecular complexity index is 299. The maximum absolute atomic E-state index is 13.2. The van der Waals surface area contributed by atoms with Crippen LogP contribution >= 0.6 is 15.9 Å². The molecule has 0 heterocycles. The van der Waals surface area contributed by atoms with Crippen molar-refractivity contribution in [2.24, 2.45) is 5.92 Å². The Labute approximate surface area is 91.5 Å². The van der Waals surface area contributed by atoms with Gasteiger partial charge in [-0.15, -0.1) is 0 Å². The summed E-state index contributed by atoms with van der Waals surface area (Å²) in [6, 6.07) is 3.76. The molecule has 0 saturated carbocycles. The summed E-state index contributed by atoms with van der Waals surface area (Å²) < 4.78 is 25.7. The van der Waals surface area contributed by atoms with Gasteiger partial charge in [-0.1, -0.05) is 28.9 Å². The van der Waals surface area contributed by atoms with Gasteiger partial charge >= 0.3 is 0 Å². The minimum Gasteiger partial charge on any atom is -0.207 e. The van der Waals surface area contributed by atoms with E-state index in [1.54, 1.807) is 0 Å². The number of hydrogen-bond donors (Lipinski definition) is 0. The van der Waals surface area contributed by atoms with Crippen LogP contribution in [-0.4, -0.2) is 5.33 Å². The molecule has 1 rings (SSSR count). The van der Waals surface area contributed by atoms with Crippen LogP contribution < -0.4 is 0 Å². The molecule has 1 aromatic rings. The van der Waals surface area contributed by atoms with Crippen LogP contribution in [0.25, 0.3) is 0 Å². The van der Waals surface area contributed by atoms with Gasteiger partial charge in [-0.3, -0.25) is 0 Å². The number of aryl methyl sites for hydroxylation is 1. The number of rotatable bonds is 4. The Morgan fingerprint density at radius 2 is 2.07 bits per heavy atom. The fourth-order valence-corrected chi connectivity index (χ4v) is 1.53. The molecule has 0 bridgehead atoms. The van der Waals surface area contributed by atoms with Crippen molar-refractivity contribution in [1.82, 2.24) is 0 Å². The molecule has 0 nitrogen and oxygen atoms in total. The van der Waals surface area contributed by atoms with Gasteiger partial charge in [-0.2, -0.15) is 0 Å². The van der Waals surface area contributed by atoms with Crippen LogP contribution in [0.5, 0.6) is 0 Å². The Balaban J connectivity index is 2.59. The van der Waals surface area contributed by atoms with E-state index in [1.807, 2.05) is 0 Å². The quantitative estimate of drug-likeness (QED) is 0.722. The number of hydrogen-bond acceptors (Lipinski definition) is 0. The SMILES string of the molecule is CC(CBr)CCc1ccc(F)cc1F. The molecular weight excluding hydrogens is 250 g/mol. The number of halogens is 3. The molecule has 0 aliphatic heterocycles. The van der Waals surface area contributed by atoms with Crippen molar-refractivity contribution >= 4 is 15.9 Å². The van der Waals surface area contributed by atoms with E-state index >= 15 is 0 Å². The van der Waals surface area contributed by atoms with Crippen LogP contribution in [0.15, 0.2) is 18.2 Å². The highest BCUT2D eigenvalue weighted by Gasteiger charge is 2.06. The van der Waals surface area contributed by atoms with E-state index in [1.165, 1.54) is 12.1 Å². The molecule has 0 amide bonds. The maximum atomic E-state index is 13.2. The minimum atomic E-state index is -0.514. The third-order valence-electron chi connectivity index (χ3n) is 2.18. The topological polar surface area (TPSA) is 0 Å². The maximum Gasteiger partial charge on any atom is 0.129 e. The Morgan fingerprint density at radius 3 is 2.64 bits per heavy atom. The highest BCUT2D eigenvalue weighted by molar-refractivity contribution is 9.09. The average Bonchev–Trinajstić information content (AvgIpc) is 2.16. The lowest BCUT2D eigenvalue weighted by Gasteiger charge is -2.07. The van der Waals surface area contributed by atoms with Crippen LogP contribution in [-0.2, 0) is 6.42 Å². The van der Waals surface area contributed by atoms with E-state index < -0.39 is 11.6 Å². The zero-order valence-electron chi connectivity index (χ0n) is 8.06. The van der Waals surface area contributed by atoms with Crippen molar-refractivity contribution in [2.45, 2.75) is 19.8 Å². The zero-order valence-corrected chi connectivity index (χ0v) is 9.65. The summed E-state index contributed by atoms with van der Waals surface area (Å²) in [6.45, 7) is 2.09. The summed E-state index contributed by atoms with van der Waals surface area (Å²) in [7, 11) is 0. The number of benzene rings is 1. The molecule has 0 fully saturated rings. The van der Waals surface area contributed by atoms with Crippen molar-refractivity contribution in [3.63, 3.8) is 0 Å². The number of alkyl halides is 1. The van der Waals surface area contributed by atoms with E-state index in [2.05, 4.69) is 22.9 Å². The van der Waals surface area contributed by atoms with Crippen molar-refractivity contribution in [2.75, 3.05) is 5.33 Å². The van der Waals surface area contributed by atoms with Gasteiger partial charge in [-0.25, -0.2) is 8.78 Å². The monoisotopic (exact) mass is 262 g/mol. The largest absolute Gasteiger partial charge is 0.207 e. The second-order valence-electron chi connectivity index (χ2n) is 3.53. The lowest BCUT2D eigenvalue weighted by molar-refractivity contribution is 0.550. The third kappa shape index (κ3) is 3.37. The van der Waals surface area contributed by atoms with Crippen LogP contribution in [0.3, 0.4) is 0 Å². The van der Waals surface area contributed by atoms with E-state index in [0.29, 0.717) is 17.9 Å². The van der Waals surface area contributed by atoms with Crippen LogP contribution in [0, 0.1) is 17.6 Å². The van der Waals surface area contributed by atoms with Gasteiger partial charge in [0.1, 0.15) is 11.6 Å². The molecule has 1 atom stereocenters. The first-order valence-electron chi connectivity index (χ1n) is 4.63. The first-order valence-corrected chi connectivity index (χ1v) is 5.75. The van der Waals surface area contributed by atoms with Gasteiger partial charge in [0, 0.05) is 11.4 Å². The average molecular weight is 263 g/mol. The molecule has 1 unspecified atom stereocenters. The van der Waals surface area contributed by atoms with Gasteiger partial charge in [0.2, 0.25) is 0 Å². The van der Waals surface area contributed by atoms with E-state index in [0.717, 1.165) is 17.8 Å². The minimum absolute atomic E-state index is 0.438. The molecule has 0 aliphatic carbocycles. The van der Waals surface area contributed by atoms with Gasteiger partial charge in [0.25, 0.3) is 0 Å². The Kier molecular flexibility index (Phi) is 4.52. The summed E-state index contributed by atoms with van der Waals surface area (Å²) in [6.07, 6.45) is 1.58. The van der Waals surface area contributed by atoms with E-state index in [4.69, 9.17) is 0 Å². The summed E-state index contributed by atoms with van der Waals surface area (Å²) in [5.74, 6) is -0.439. The second-order valence-corrected chi connectivity index (χ2v) is 4.18. The second kappa shape index (κ2) is 5.44. The van der Waals surface area contributed by atoms with E-state index in [-0.39, 0.29) is 0 Å². The van der Waals surface area contributed by atoms with Crippen LogP contribution in [0.4, 0.5) is 8.78 Å². The molecule has 0 radical (unpaired) electrons. The first kappa shape index (κ1) is 11.6. The Morgan fingerprint density at radius 1 is 1.36 bits per heavy atom. The summed E-state index contributed by atoms with van der Waals surface area (Å²) in [4.78, 5) is 0. The molecule has 0 aliphatic rings.